The number of aromatic nitrogens is 2. The lowest BCUT2D eigenvalue weighted by Gasteiger charge is -2.00. The third kappa shape index (κ3) is 0.774. The van der Waals surface area contributed by atoms with E-state index >= 15 is 0 Å². The first-order chi connectivity index (χ1) is 5.29. The van der Waals surface area contributed by atoms with E-state index in [1.54, 1.807) is 6.20 Å². The van der Waals surface area contributed by atoms with Gasteiger partial charge in [-0.15, -0.1) is 0 Å². The molecule has 0 aliphatic heterocycles. The number of nitrogen functional groups attached to an aromatic ring is 1. The maximum Gasteiger partial charge on any atom is 0.141 e. The van der Waals surface area contributed by atoms with Crippen molar-refractivity contribution >= 4 is 11.3 Å². The second-order valence-electron chi connectivity index (χ2n) is 2.55. The van der Waals surface area contributed by atoms with E-state index in [4.69, 9.17) is 5.73 Å². The van der Waals surface area contributed by atoms with Gasteiger partial charge in [0, 0.05) is 29.8 Å². The molecule has 2 heterocycles. The van der Waals surface area contributed by atoms with E-state index in [0.717, 1.165) is 16.9 Å². The molecule has 0 aliphatic carbocycles. The van der Waals surface area contributed by atoms with E-state index in [1.807, 2.05) is 29.8 Å². The Morgan fingerprint density at radius 2 is 2.27 bits per heavy atom. The maximum atomic E-state index is 5.69. The van der Waals surface area contributed by atoms with Gasteiger partial charge in [-0.05, 0) is 13.0 Å². The lowest BCUT2D eigenvalue weighted by atomic mass is 10.2. The maximum absolute atomic E-state index is 5.69. The van der Waals surface area contributed by atoms with E-state index in [-0.39, 0.29) is 0 Å². The predicted octanol–water partition coefficient (Wildman–Crippen LogP) is 1.22. The monoisotopic (exact) mass is 147 g/mol. The average Bonchev–Trinajstić information content (AvgIpc) is 2.45. The third-order valence-electron chi connectivity index (χ3n) is 1.85. The zero-order chi connectivity index (χ0) is 7.84. The van der Waals surface area contributed by atoms with Gasteiger partial charge < -0.3 is 10.1 Å². The molecule has 0 amide bonds. The Hall–Kier alpha value is -1.51. The molecule has 0 bridgehead atoms. The summed E-state index contributed by atoms with van der Waals surface area (Å²) in [5.41, 5.74) is 8.46. The minimum Gasteiger partial charge on any atom is -0.398 e. The van der Waals surface area contributed by atoms with Crippen LogP contribution in [0.25, 0.3) is 5.65 Å². The van der Waals surface area contributed by atoms with Gasteiger partial charge in [-0.2, -0.15) is 0 Å². The number of hydrogen-bond donors (Lipinski definition) is 1. The van der Waals surface area contributed by atoms with Crippen molar-refractivity contribution in [3.63, 3.8) is 0 Å². The number of nitrogens with zero attached hydrogens (tertiary/aromatic N) is 2. The van der Waals surface area contributed by atoms with Crippen LogP contribution < -0.4 is 5.73 Å². The summed E-state index contributed by atoms with van der Waals surface area (Å²) in [5, 5.41) is 0. The van der Waals surface area contributed by atoms with Gasteiger partial charge >= 0.3 is 0 Å². The van der Waals surface area contributed by atoms with E-state index < -0.39 is 0 Å². The summed E-state index contributed by atoms with van der Waals surface area (Å²) in [6.45, 7) is 1.97. The fraction of sp³-hybridized carbons (Fsp3) is 0.125. The summed E-state index contributed by atoms with van der Waals surface area (Å²) in [4.78, 5) is 4.16. The van der Waals surface area contributed by atoms with Gasteiger partial charge in [-0.25, -0.2) is 4.98 Å². The molecule has 0 aliphatic rings. The van der Waals surface area contributed by atoms with E-state index in [2.05, 4.69) is 4.98 Å². The van der Waals surface area contributed by atoms with Crippen LogP contribution in [0.15, 0.2) is 24.7 Å². The number of anilines is 1. The van der Waals surface area contributed by atoms with Crippen LogP contribution in [0.3, 0.4) is 0 Å². The normalized spacial score (nSPS) is 10.6. The number of fused-ring (bicyclic) bond motifs is 1. The van der Waals surface area contributed by atoms with Gasteiger partial charge in [0.15, 0.2) is 0 Å². The van der Waals surface area contributed by atoms with E-state index in [0.29, 0.717) is 0 Å². The van der Waals surface area contributed by atoms with Gasteiger partial charge in [0.25, 0.3) is 0 Å². The van der Waals surface area contributed by atoms with Gasteiger partial charge in [-0.1, -0.05) is 0 Å². The smallest absolute Gasteiger partial charge is 0.141 e. The van der Waals surface area contributed by atoms with Crippen LogP contribution in [0, 0.1) is 6.92 Å². The summed E-state index contributed by atoms with van der Waals surface area (Å²) in [5.74, 6) is 0. The van der Waals surface area contributed by atoms with Crippen LogP contribution >= 0.6 is 0 Å². The standard InChI is InChI=1S/C8H9N3/c1-6-7(9)2-4-11-5-3-10-8(6)11/h2-5H,9H2,1H3. The van der Waals surface area contributed by atoms with Gasteiger partial charge in [0.05, 0.1) is 0 Å². The van der Waals surface area contributed by atoms with Gasteiger partial charge in [-0.3, -0.25) is 0 Å². The molecule has 0 unspecified atom stereocenters. The number of rotatable bonds is 0. The molecule has 0 fully saturated rings. The molecule has 11 heavy (non-hydrogen) atoms. The Morgan fingerprint density at radius 3 is 3.09 bits per heavy atom. The van der Waals surface area contributed by atoms with Crippen LogP contribution in [0.1, 0.15) is 5.56 Å². The van der Waals surface area contributed by atoms with Crippen molar-refractivity contribution in [1.29, 1.82) is 0 Å². The molecule has 56 valence electrons. The lowest BCUT2D eigenvalue weighted by molar-refractivity contribution is 1.17. The van der Waals surface area contributed by atoms with Crippen molar-refractivity contribution in [3.8, 4) is 0 Å². The molecule has 0 atom stereocenters. The third-order valence-corrected chi connectivity index (χ3v) is 1.85. The molecule has 2 rings (SSSR count). The van der Waals surface area contributed by atoms with E-state index in [9.17, 15) is 0 Å². The molecule has 2 N–H and O–H groups in total. The number of hydrogen-bond acceptors (Lipinski definition) is 2. The fourth-order valence-electron chi connectivity index (χ4n) is 1.14. The highest BCUT2D eigenvalue weighted by molar-refractivity contribution is 5.60. The summed E-state index contributed by atoms with van der Waals surface area (Å²) in [6, 6.07) is 1.88. The first-order valence-corrected chi connectivity index (χ1v) is 3.47. The SMILES string of the molecule is Cc1c(N)ccn2ccnc12. The summed E-state index contributed by atoms with van der Waals surface area (Å²) in [7, 11) is 0. The Morgan fingerprint density at radius 1 is 1.45 bits per heavy atom. The molecule has 3 nitrogen and oxygen atoms in total. The molecule has 0 spiro atoms. The molecule has 0 radical (unpaired) electrons. The number of aryl methyl sites for hydroxylation is 1. The second kappa shape index (κ2) is 1.99. The van der Waals surface area contributed by atoms with Crippen molar-refractivity contribution in [2.24, 2.45) is 0 Å². The molecular weight excluding hydrogens is 138 g/mol. The highest BCUT2D eigenvalue weighted by atomic mass is 15.0. The number of pyridine rings is 1. The van der Waals surface area contributed by atoms with Crippen LogP contribution in [-0.4, -0.2) is 9.38 Å². The zero-order valence-corrected chi connectivity index (χ0v) is 6.28. The largest absolute Gasteiger partial charge is 0.398 e. The zero-order valence-electron chi connectivity index (χ0n) is 6.28. The van der Waals surface area contributed by atoms with Crippen molar-refractivity contribution in [2.75, 3.05) is 5.73 Å². The molecule has 0 saturated carbocycles. The average molecular weight is 147 g/mol. The van der Waals surface area contributed by atoms with E-state index in [1.165, 1.54) is 0 Å². The van der Waals surface area contributed by atoms with Gasteiger partial charge in [0.2, 0.25) is 0 Å². The Bertz CT molecular complexity index is 389. The highest BCUT2D eigenvalue weighted by Crippen LogP contribution is 2.14. The minimum absolute atomic E-state index is 0.795. The molecule has 0 aromatic carbocycles. The second-order valence-corrected chi connectivity index (χ2v) is 2.55. The van der Waals surface area contributed by atoms with Crippen molar-refractivity contribution in [3.05, 3.63) is 30.2 Å². The topological polar surface area (TPSA) is 43.3 Å². The van der Waals surface area contributed by atoms with Crippen molar-refractivity contribution in [1.82, 2.24) is 9.38 Å². The number of imidazole rings is 1. The quantitative estimate of drug-likeness (QED) is 0.609. The molecule has 2 aromatic heterocycles. The summed E-state index contributed by atoms with van der Waals surface area (Å²) < 4.78 is 1.95. The Balaban J connectivity index is 2.93. The summed E-state index contributed by atoms with van der Waals surface area (Å²) in [6.07, 6.45) is 5.58. The molecule has 0 saturated heterocycles. The first kappa shape index (κ1) is 6.22. The van der Waals surface area contributed by atoms with Crippen molar-refractivity contribution < 1.29 is 0 Å². The highest BCUT2D eigenvalue weighted by Gasteiger charge is 1.99. The lowest BCUT2D eigenvalue weighted by Crippen LogP contribution is -1.93. The Labute approximate surface area is 64.5 Å². The van der Waals surface area contributed by atoms with Crippen LogP contribution in [0.5, 0.6) is 0 Å². The van der Waals surface area contributed by atoms with Crippen LogP contribution in [0.2, 0.25) is 0 Å². The molecule has 2 aromatic rings. The van der Waals surface area contributed by atoms with Crippen molar-refractivity contribution in [2.45, 2.75) is 6.92 Å². The van der Waals surface area contributed by atoms with Gasteiger partial charge in [0.1, 0.15) is 5.65 Å². The summed E-state index contributed by atoms with van der Waals surface area (Å²) >= 11 is 0. The predicted molar refractivity (Wildman–Crippen MR) is 44.3 cm³/mol. The molecule has 3 heteroatoms. The number of nitrogens with two attached hydrogens (primary N) is 1. The van der Waals surface area contributed by atoms with Crippen LogP contribution in [0.4, 0.5) is 5.69 Å². The minimum atomic E-state index is 0.795. The molecular formula is C8H9N3. The first-order valence-electron chi connectivity index (χ1n) is 3.47. The fourth-order valence-corrected chi connectivity index (χ4v) is 1.14. The Kier molecular flexibility index (Phi) is 1.12. The van der Waals surface area contributed by atoms with Crippen LogP contribution in [-0.2, 0) is 0 Å².